The normalized spacial score (nSPS) is 17.1. The SMILES string of the molecule is CCCC(C)CC(C)O[SiH3]. The van der Waals surface area contributed by atoms with Gasteiger partial charge in [-0.2, -0.15) is 0 Å². The first kappa shape index (κ1) is 10.2. The van der Waals surface area contributed by atoms with Gasteiger partial charge < -0.3 is 4.43 Å². The molecule has 0 rings (SSSR count). The average molecular weight is 160 g/mol. The Morgan fingerprint density at radius 3 is 2.40 bits per heavy atom. The Morgan fingerprint density at radius 2 is 2.00 bits per heavy atom. The molecule has 0 fully saturated rings. The summed E-state index contributed by atoms with van der Waals surface area (Å²) in [6.07, 6.45) is 4.37. The van der Waals surface area contributed by atoms with Crippen LogP contribution in [0.25, 0.3) is 0 Å². The van der Waals surface area contributed by atoms with Crippen molar-refractivity contribution in [2.75, 3.05) is 0 Å². The second-order valence-electron chi connectivity index (χ2n) is 3.18. The molecule has 2 heteroatoms. The number of hydrogen-bond acceptors (Lipinski definition) is 1. The molecule has 0 aliphatic rings. The minimum absolute atomic E-state index is 0.494. The average Bonchev–Trinajstić information content (AvgIpc) is 1.88. The molecular weight excluding hydrogens is 140 g/mol. The summed E-state index contributed by atoms with van der Waals surface area (Å²) >= 11 is 0. The number of hydrogen-bond donors (Lipinski definition) is 0. The molecule has 0 amide bonds. The summed E-state index contributed by atoms with van der Waals surface area (Å²) < 4.78 is 5.31. The largest absolute Gasteiger partial charge is 0.425 e. The van der Waals surface area contributed by atoms with Crippen molar-refractivity contribution >= 4 is 10.5 Å². The van der Waals surface area contributed by atoms with E-state index in [2.05, 4.69) is 20.8 Å². The van der Waals surface area contributed by atoms with Gasteiger partial charge in [0.15, 0.2) is 0 Å². The minimum atomic E-state index is 0.494. The van der Waals surface area contributed by atoms with E-state index in [4.69, 9.17) is 4.43 Å². The maximum Gasteiger partial charge on any atom is 0.146 e. The van der Waals surface area contributed by atoms with Crippen LogP contribution in [0.2, 0.25) is 0 Å². The number of rotatable bonds is 5. The summed E-state index contributed by atoms with van der Waals surface area (Å²) in [5.74, 6) is 0.842. The van der Waals surface area contributed by atoms with Gasteiger partial charge in [-0.15, -0.1) is 0 Å². The van der Waals surface area contributed by atoms with Gasteiger partial charge in [-0.3, -0.25) is 0 Å². The first-order valence-electron chi connectivity index (χ1n) is 4.23. The van der Waals surface area contributed by atoms with Gasteiger partial charge in [0.2, 0.25) is 0 Å². The molecule has 0 saturated heterocycles. The van der Waals surface area contributed by atoms with Crippen LogP contribution in [0.4, 0.5) is 0 Å². The lowest BCUT2D eigenvalue weighted by atomic mass is 10.00. The van der Waals surface area contributed by atoms with Crippen LogP contribution in [0, 0.1) is 5.92 Å². The van der Waals surface area contributed by atoms with Gasteiger partial charge in [-0.05, 0) is 19.3 Å². The van der Waals surface area contributed by atoms with Crippen LogP contribution in [0.15, 0.2) is 0 Å². The Balaban J connectivity index is 3.27. The van der Waals surface area contributed by atoms with Crippen LogP contribution >= 0.6 is 0 Å². The Kier molecular flexibility index (Phi) is 6.03. The molecule has 0 aromatic heterocycles. The molecule has 0 aromatic carbocycles. The van der Waals surface area contributed by atoms with Gasteiger partial charge in [0.25, 0.3) is 0 Å². The highest BCUT2D eigenvalue weighted by Gasteiger charge is 2.05. The summed E-state index contributed by atoms with van der Waals surface area (Å²) in [5.41, 5.74) is 0. The van der Waals surface area contributed by atoms with E-state index in [0.717, 1.165) is 16.4 Å². The highest BCUT2D eigenvalue weighted by atomic mass is 28.2. The molecule has 1 nitrogen and oxygen atoms in total. The van der Waals surface area contributed by atoms with Crippen LogP contribution in [0.1, 0.15) is 40.0 Å². The van der Waals surface area contributed by atoms with Gasteiger partial charge in [0, 0.05) is 6.10 Å². The van der Waals surface area contributed by atoms with Crippen LogP contribution in [-0.4, -0.2) is 16.6 Å². The molecule has 0 radical (unpaired) electrons. The molecule has 2 atom stereocenters. The van der Waals surface area contributed by atoms with E-state index in [1.165, 1.54) is 19.3 Å². The van der Waals surface area contributed by atoms with Crippen molar-refractivity contribution in [3.63, 3.8) is 0 Å². The maximum absolute atomic E-state index is 5.31. The molecule has 0 N–H and O–H groups in total. The molecule has 0 heterocycles. The predicted molar refractivity (Wildman–Crippen MR) is 49.2 cm³/mol. The van der Waals surface area contributed by atoms with Gasteiger partial charge in [-0.25, -0.2) is 0 Å². The zero-order valence-corrected chi connectivity index (χ0v) is 9.68. The first-order valence-corrected chi connectivity index (χ1v) is 5.05. The summed E-state index contributed by atoms with van der Waals surface area (Å²) in [5, 5.41) is 0. The molecule has 62 valence electrons. The van der Waals surface area contributed by atoms with E-state index in [9.17, 15) is 0 Å². The summed E-state index contributed by atoms with van der Waals surface area (Å²) in [7, 11) is 0.882. The lowest BCUT2D eigenvalue weighted by molar-refractivity contribution is 0.203. The fraction of sp³-hybridized carbons (Fsp3) is 1.00. The van der Waals surface area contributed by atoms with Gasteiger partial charge in [-0.1, -0.05) is 26.7 Å². The second kappa shape index (κ2) is 5.92. The van der Waals surface area contributed by atoms with Crippen molar-refractivity contribution in [3.8, 4) is 0 Å². The van der Waals surface area contributed by atoms with Crippen molar-refractivity contribution < 1.29 is 4.43 Å². The molecular formula is C8H20OSi. The molecule has 0 aliphatic carbocycles. The van der Waals surface area contributed by atoms with E-state index in [0.29, 0.717) is 6.10 Å². The van der Waals surface area contributed by atoms with Gasteiger partial charge in [0.1, 0.15) is 10.5 Å². The van der Waals surface area contributed by atoms with Crippen molar-refractivity contribution in [2.45, 2.75) is 46.1 Å². The third kappa shape index (κ3) is 5.00. The smallest absolute Gasteiger partial charge is 0.146 e. The molecule has 0 aromatic rings. The highest BCUT2D eigenvalue weighted by Crippen LogP contribution is 2.13. The molecule has 0 spiro atoms. The van der Waals surface area contributed by atoms with Gasteiger partial charge >= 0.3 is 0 Å². The fourth-order valence-corrected chi connectivity index (χ4v) is 1.47. The molecule has 0 bridgehead atoms. The van der Waals surface area contributed by atoms with Crippen molar-refractivity contribution in [3.05, 3.63) is 0 Å². The van der Waals surface area contributed by atoms with Gasteiger partial charge in [0.05, 0.1) is 0 Å². The predicted octanol–water partition coefficient (Wildman–Crippen LogP) is 1.50. The van der Waals surface area contributed by atoms with Crippen LogP contribution in [0.3, 0.4) is 0 Å². The Bertz CT molecular complexity index is 75.7. The van der Waals surface area contributed by atoms with Crippen LogP contribution in [-0.2, 0) is 4.43 Å². The summed E-state index contributed by atoms with van der Waals surface area (Å²) in [6, 6.07) is 0. The topological polar surface area (TPSA) is 9.23 Å². The second-order valence-corrected chi connectivity index (χ2v) is 3.65. The monoisotopic (exact) mass is 160 g/mol. The van der Waals surface area contributed by atoms with Crippen molar-refractivity contribution in [2.24, 2.45) is 5.92 Å². The summed E-state index contributed by atoms with van der Waals surface area (Å²) in [4.78, 5) is 0. The van der Waals surface area contributed by atoms with E-state index in [1.807, 2.05) is 0 Å². The van der Waals surface area contributed by atoms with E-state index in [-0.39, 0.29) is 0 Å². The van der Waals surface area contributed by atoms with Crippen molar-refractivity contribution in [1.29, 1.82) is 0 Å². The van der Waals surface area contributed by atoms with Crippen LogP contribution < -0.4 is 0 Å². The lowest BCUT2D eigenvalue weighted by Gasteiger charge is -2.15. The Hall–Kier alpha value is 0.177. The molecule has 10 heavy (non-hydrogen) atoms. The van der Waals surface area contributed by atoms with E-state index in [1.54, 1.807) is 0 Å². The maximum atomic E-state index is 5.31. The van der Waals surface area contributed by atoms with Crippen LogP contribution in [0.5, 0.6) is 0 Å². The lowest BCUT2D eigenvalue weighted by Crippen LogP contribution is -2.10. The summed E-state index contributed by atoms with van der Waals surface area (Å²) in [6.45, 7) is 6.71. The van der Waals surface area contributed by atoms with E-state index < -0.39 is 0 Å². The Labute approximate surface area is 67.7 Å². The zero-order valence-electron chi connectivity index (χ0n) is 7.68. The zero-order chi connectivity index (χ0) is 7.98. The minimum Gasteiger partial charge on any atom is -0.425 e. The third-order valence-electron chi connectivity index (χ3n) is 1.92. The van der Waals surface area contributed by atoms with E-state index >= 15 is 0 Å². The standard InChI is InChI=1S/C8H20OSi/c1-4-5-7(2)6-8(3)9-10/h7-8H,4-6H2,1-3,10H3. The fourth-order valence-electron chi connectivity index (χ4n) is 1.27. The first-order chi connectivity index (χ1) is 4.70. The highest BCUT2D eigenvalue weighted by molar-refractivity contribution is 5.98. The molecule has 0 aliphatic heterocycles. The Morgan fingerprint density at radius 1 is 1.40 bits per heavy atom. The molecule has 0 saturated carbocycles. The third-order valence-corrected chi connectivity index (χ3v) is 2.72. The van der Waals surface area contributed by atoms with Crippen molar-refractivity contribution in [1.82, 2.24) is 0 Å². The molecule has 2 unspecified atom stereocenters. The quantitative estimate of drug-likeness (QED) is 0.554.